The van der Waals surface area contributed by atoms with Crippen molar-refractivity contribution in [3.05, 3.63) is 51.7 Å². The fraction of sp³-hybridized carbons (Fsp3) is 0.500. The third-order valence-corrected chi connectivity index (χ3v) is 6.78. The molecule has 0 bridgehead atoms. The van der Waals surface area contributed by atoms with Gasteiger partial charge in [-0.05, 0) is 78.4 Å². The predicted molar refractivity (Wildman–Crippen MR) is 110 cm³/mol. The minimum Gasteiger partial charge on any atom is -0.487 e. The lowest BCUT2D eigenvalue weighted by Gasteiger charge is -2.44. The number of benzene rings is 1. The Morgan fingerprint density at radius 1 is 1.26 bits per heavy atom. The average Bonchev–Trinajstić information content (AvgIpc) is 3.20. The number of rotatable bonds is 4. The number of fused-ring (bicyclic) bond motifs is 1. The van der Waals surface area contributed by atoms with E-state index in [0.717, 1.165) is 56.6 Å². The Labute approximate surface area is 165 Å². The number of hydrogen-bond acceptors (Lipinski definition) is 4. The highest BCUT2D eigenvalue weighted by molar-refractivity contribution is 7.07. The normalized spacial score (nSPS) is 18.7. The van der Waals surface area contributed by atoms with Crippen LogP contribution in [0.25, 0.3) is 0 Å². The molecule has 2 aliphatic rings. The van der Waals surface area contributed by atoms with Gasteiger partial charge < -0.3 is 14.5 Å². The summed E-state index contributed by atoms with van der Waals surface area (Å²) >= 11 is 1.66. The van der Waals surface area contributed by atoms with E-state index in [9.17, 15) is 4.79 Å². The monoisotopic (exact) mass is 384 g/mol. The van der Waals surface area contributed by atoms with E-state index in [0.29, 0.717) is 6.54 Å². The van der Waals surface area contributed by atoms with Crippen LogP contribution < -0.4 is 4.74 Å². The summed E-state index contributed by atoms with van der Waals surface area (Å²) in [5, 5.41) is 4.14. The second kappa shape index (κ2) is 7.64. The van der Waals surface area contributed by atoms with Crippen molar-refractivity contribution >= 4 is 17.2 Å². The summed E-state index contributed by atoms with van der Waals surface area (Å²) in [6, 6.07) is 8.04. The summed E-state index contributed by atoms with van der Waals surface area (Å²) in [4.78, 5) is 17.1. The molecule has 0 radical (unpaired) electrons. The summed E-state index contributed by atoms with van der Waals surface area (Å²) < 4.78 is 6.48. The lowest BCUT2D eigenvalue weighted by Crippen LogP contribution is -2.49. The number of hydrogen-bond donors (Lipinski definition) is 0. The van der Waals surface area contributed by atoms with Gasteiger partial charge in [0.15, 0.2) is 0 Å². The van der Waals surface area contributed by atoms with Crippen molar-refractivity contribution in [1.82, 2.24) is 9.80 Å². The van der Waals surface area contributed by atoms with Crippen LogP contribution in [-0.4, -0.2) is 48.0 Å². The van der Waals surface area contributed by atoms with Gasteiger partial charge >= 0.3 is 0 Å². The zero-order valence-corrected chi connectivity index (χ0v) is 17.1. The molecule has 5 heteroatoms. The molecule has 4 nitrogen and oxygen atoms in total. The third-order valence-electron chi connectivity index (χ3n) is 6.04. The molecule has 0 saturated carbocycles. The molecule has 144 valence electrons. The molecule has 0 unspecified atom stereocenters. The molecule has 1 aromatic carbocycles. The van der Waals surface area contributed by atoms with Crippen LogP contribution >= 0.6 is 11.3 Å². The Hall–Kier alpha value is -1.85. The number of likely N-dealkylation sites (tertiary alicyclic amines) is 1. The summed E-state index contributed by atoms with van der Waals surface area (Å²) in [5.74, 6) is 1.05. The molecular weight excluding hydrogens is 356 g/mol. The van der Waals surface area contributed by atoms with E-state index in [4.69, 9.17) is 4.74 Å². The van der Waals surface area contributed by atoms with E-state index in [2.05, 4.69) is 23.3 Å². The molecule has 3 heterocycles. The average molecular weight is 385 g/mol. The number of nitrogens with zero attached hydrogens (tertiary/aromatic N) is 2. The van der Waals surface area contributed by atoms with Crippen molar-refractivity contribution in [2.24, 2.45) is 0 Å². The number of piperidine rings is 1. The second-order valence-corrected chi connectivity index (χ2v) is 8.61. The standard InChI is InChI=1S/C22H28N2O2S/c1-3-24-11-9-22(10-12-24)8-6-18-14-19(4-5-20(18)26-22)21(25)23(2)15-17-7-13-27-16-17/h4-5,7,13-14,16H,3,6,8-12,15H2,1-2H3. The van der Waals surface area contributed by atoms with E-state index < -0.39 is 0 Å². The first-order chi connectivity index (χ1) is 13.1. The number of thiophene rings is 1. The maximum atomic E-state index is 12.8. The molecule has 0 atom stereocenters. The first-order valence-electron chi connectivity index (χ1n) is 9.89. The van der Waals surface area contributed by atoms with E-state index in [1.807, 2.05) is 30.6 Å². The molecule has 1 spiro atoms. The van der Waals surface area contributed by atoms with Crippen LogP contribution in [0.2, 0.25) is 0 Å². The van der Waals surface area contributed by atoms with E-state index in [1.165, 1.54) is 11.1 Å². The summed E-state index contributed by atoms with van der Waals surface area (Å²) in [5.41, 5.74) is 3.11. The highest BCUT2D eigenvalue weighted by Gasteiger charge is 2.39. The summed E-state index contributed by atoms with van der Waals surface area (Å²) in [6.07, 6.45) is 4.26. The predicted octanol–water partition coefficient (Wildman–Crippen LogP) is 4.20. The van der Waals surface area contributed by atoms with Gasteiger partial charge in [0.25, 0.3) is 5.91 Å². The Balaban J connectivity index is 1.45. The molecule has 1 saturated heterocycles. The van der Waals surface area contributed by atoms with Gasteiger partial charge in [-0.1, -0.05) is 6.92 Å². The highest BCUT2D eigenvalue weighted by Crippen LogP contribution is 2.39. The minimum absolute atomic E-state index is 0.0000629. The van der Waals surface area contributed by atoms with Gasteiger partial charge in [0.05, 0.1) is 0 Å². The Morgan fingerprint density at radius 3 is 2.78 bits per heavy atom. The molecular formula is C22H28N2O2S. The number of carbonyl (C=O) groups excluding carboxylic acids is 1. The minimum atomic E-state index is -0.0000629. The molecule has 4 rings (SSSR count). The van der Waals surface area contributed by atoms with Crippen LogP contribution in [0.4, 0.5) is 0 Å². The van der Waals surface area contributed by atoms with Gasteiger partial charge in [0.2, 0.25) is 0 Å². The Kier molecular flexibility index (Phi) is 5.24. The first-order valence-corrected chi connectivity index (χ1v) is 10.8. The molecule has 1 aromatic heterocycles. The third kappa shape index (κ3) is 3.90. The lowest BCUT2D eigenvalue weighted by atomic mass is 9.83. The molecule has 27 heavy (non-hydrogen) atoms. The number of carbonyl (C=O) groups is 1. The maximum absolute atomic E-state index is 12.8. The van der Waals surface area contributed by atoms with Crippen LogP contribution in [0.1, 0.15) is 47.7 Å². The fourth-order valence-corrected chi connectivity index (χ4v) is 4.89. The molecule has 1 amide bonds. The van der Waals surface area contributed by atoms with Gasteiger partial charge in [-0.2, -0.15) is 11.3 Å². The van der Waals surface area contributed by atoms with Crippen LogP contribution in [0.15, 0.2) is 35.0 Å². The molecule has 0 aliphatic carbocycles. The van der Waals surface area contributed by atoms with E-state index in [1.54, 1.807) is 16.2 Å². The molecule has 2 aromatic rings. The number of aryl methyl sites for hydroxylation is 1. The van der Waals surface area contributed by atoms with Crippen molar-refractivity contribution in [3.63, 3.8) is 0 Å². The molecule has 2 aliphatic heterocycles. The van der Waals surface area contributed by atoms with Crippen LogP contribution in [0, 0.1) is 0 Å². The number of ether oxygens (including phenoxy) is 1. The Morgan fingerprint density at radius 2 is 2.07 bits per heavy atom. The van der Waals surface area contributed by atoms with Crippen molar-refractivity contribution in [2.45, 2.75) is 44.8 Å². The van der Waals surface area contributed by atoms with Crippen LogP contribution in [0.3, 0.4) is 0 Å². The quantitative estimate of drug-likeness (QED) is 0.792. The second-order valence-electron chi connectivity index (χ2n) is 7.83. The first kappa shape index (κ1) is 18.5. The van der Waals surface area contributed by atoms with Crippen molar-refractivity contribution in [2.75, 3.05) is 26.7 Å². The topological polar surface area (TPSA) is 32.8 Å². The highest BCUT2D eigenvalue weighted by atomic mass is 32.1. The zero-order valence-electron chi connectivity index (χ0n) is 16.2. The summed E-state index contributed by atoms with van der Waals surface area (Å²) in [6.45, 7) is 6.23. The van der Waals surface area contributed by atoms with Gasteiger partial charge in [0.1, 0.15) is 11.4 Å². The van der Waals surface area contributed by atoms with E-state index in [-0.39, 0.29) is 11.5 Å². The van der Waals surface area contributed by atoms with Crippen molar-refractivity contribution in [3.8, 4) is 5.75 Å². The smallest absolute Gasteiger partial charge is 0.253 e. The van der Waals surface area contributed by atoms with Crippen molar-refractivity contribution < 1.29 is 9.53 Å². The zero-order chi connectivity index (χ0) is 18.9. The largest absolute Gasteiger partial charge is 0.487 e. The van der Waals surface area contributed by atoms with Crippen LogP contribution in [0.5, 0.6) is 5.75 Å². The lowest BCUT2D eigenvalue weighted by molar-refractivity contribution is -0.0132. The van der Waals surface area contributed by atoms with Crippen LogP contribution in [-0.2, 0) is 13.0 Å². The van der Waals surface area contributed by atoms with Gasteiger partial charge in [-0.3, -0.25) is 4.79 Å². The maximum Gasteiger partial charge on any atom is 0.253 e. The SMILES string of the molecule is CCN1CCC2(CCc3cc(C(=O)N(C)Cc4ccsc4)ccc3O2)CC1. The molecule has 1 fully saturated rings. The van der Waals surface area contributed by atoms with Gasteiger partial charge in [-0.25, -0.2) is 0 Å². The van der Waals surface area contributed by atoms with E-state index >= 15 is 0 Å². The van der Waals surface area contributed by atoms with Crippen molar-refractivity contribution in [1.29, 1.82) is 0 Å². The summed E-state index contributed by atoms with van der Waals surface area (Å²) in [7, 11) is 1.87. The van der Waals surface area contributed by atoms with Gasteiger partial charge in [0, 0.05) is 32.2 Å². The van der Waals surface area contributed by atoms with Gasteiger partial charge in [-0.15, -0.1) is 0 Å². The fourth-order valence-electron chi connectivity index (χ4n) is 4.23. The molecule has 0 N–H and O–H groups in total. The number of amides is 1. The Bertz CT molecular complexity index is 795.